The van der Waals surface area contributed by atoms with Gasteiger partial charge in [-0.15, -0.1) is 0 Å². The van der Waals surface area contributed by atoms with Gasteiger partial charge in [0.05, 0.1) is 6.54 Å². The number of hydrogen-bond acceptors (Lipinski definition) is 2. The first-order valence-electron chi connectivity index (χ1n) is 8.80. The van der Waals surface area contributed by atoms with Gasteiger partial charge in [-0.3, -0.25) is 4.79 Å². The molecule has 0 saturated heterocycles. The van der Waals surface area contributed by atoms with E-state index < -0.39 is 5.54 Å². The summed E-state index contributed by atoms with van der Waals surface area (Å²) in [5.74, 6) is -0.186. The Bertz CT molecular complexity index is 1010. The van der Waals surface area contributed by atoms with Crippen LogP contribution < -0.4 is 4.90 Å². The lowest BCUT2D eigenvalue weighted by molar-refractivity contribution is -0.123. The number of amides is 1. The molecular weight excluding hydrogens is 336 g/mol. The second-order valence-corrected chi connectivity index (χ2v) is 6.61. The van der Waals surface area contributed by atoms with Gasteiger partial charge in [0.1, 0.15) is 0 Å². The van der Waals surface area contributed by atoms with Crippen molar-refractivity contribution in [2.45, 2.75) is 18.5 Å². The molecule has 3 aromatic carbocycles. The number of anilines is 1. The molecule has 0 fully saturated rings. The summed E-state index contributed by atoms with van der Waals surface area (Å²) in [6.45, 7) is 0.439. The first-order valence-corrected chi connectivity index (χ1v) is 8.80. The molecule has 1 aliphatic rings. The Labute approximate surface area is 157 Å². The van der Waals surface area contributed by atoms with Crippen LogP contribution in [0.2, 0.25) is 0 Å². The van der Waals surface area contributed by atoms with Gasteiger partial charge in [0.15, 0.2) is 5.54 Å². The zero-order valence-corrected chi connectivity index (χ0v) is 14.7. The third-order valence-electron chi connectivity index (χ3n) is 4.94. The average Bonchev–Trinajstić information content (AvgIpc) is 2.93. The lowest BCUT2D eigenvalue weighted by atomic mass is 9.85. The molecular formula is C22H18N4O. The molecule has 1 amide bonds. The molecule has 1 unspecified atom stereocenters. The third kappa shape index (κ3) is 2.94. The number of hydrogen-bond donors (Lipinski definition) is 0. The van der Waals surface area contributed by atoms with Gasteiger partial charge in [-0.1, -0.05) is 84.0 Å². The number of carbonyl (C=O) groups is 1. The first kappa shape index (κ1) is 16.9. The molecule has 5 heteroatoms. The van der Waals surface area contributed by atoms with Crippen LogP contribution in [0.5, 0.6) is 0 Å². The highest BCUT2D eigenvalue weighted by molar-refractivity contribution is 6.08. The molecule has 0 radical (unpaired) electrons. The summed E-state index contributed by atoms with van der Waals surface area (Å²) in [7, 11) is 0. The molecule has 0 bridgehead atoms. The Kier molecular flexibility index (Phi) is 4.37. The summed E-state index contributed by atoms with van der Waals surface area (Å²) in [5, 5.41) is 4.05. The van der Waals surface area contributed by atoms with Crippen molar-refractivity contribution >= 4 is 11.6 Å². The van der Waals surface area contributed by atoms with Crippen LogP contribution in [0, 0.1) is 0 Å². The predicted molar refractivity (Wildman–Crippen MR) is 105 cm³/mol. The maximum absolute atomic E-state index is 13.5. The van der Waals surface area contributed by atoms with Gasteiger partial charge < -0.3 is 4.90 Å². The summed E-state index contributed by atoms with van der Waals surface area (Å²) in [4.78, 5) is 18.3. The van der Waals surface area contributed by atoms with Crippen LogP contribution in [0.25, 0.3) is 10.4 Å². The van der Waals surface area contributed by atoms with E-state index in [1.54, 1.807) is 4.90 Å². The smallest absolute Gasteiger partial charge is 0.244 e. The van der Waals surface area contributed by atoms with Crippen molar-refractivity contribution in [2.75, 3.05) is 4.90 Å². The molecule has 1 atom stereocenters. The van der Waals surface area contributed by atoms with Crippen molar-refractivity contribution < 1.29 is 4.79 Å². The van der Waals surface area contributed by atoms with E-state index >= 15 is 0 Å². The Hall–Kier alpha value is -3.56. The fourth-order valence-corrected chi connectivity index (χ4v) is 3.70. The van der Waals surface area contributed by atoms with Crippen LogP contribution >= 0.6 is 0 Å². The van der Waals surface area contributed by atoms with Crippen molar-refractivity contribution in [1.82, 2.24) is 0 Å². The number of benzene rings is 3. The van der Waals surface area contributed by atoms with E-state index in [9.17, 15) is 10.3 Å². The van der Waals surface area contributed by atoms with Crippen LogP contribution in [0.4, 0.5) is 5.69 Å². The van der Waals surface area contributed by atoms with E-state index in [0.717, 1.165) is 22.4 Å². The standard InChI is InChI=1S/C22H18N4O/c23-25-24-22(15-17-9-3-1-4-10-17)19-13-7-8-14-20(19)26(21(22)27)16-18-11-5-2-6-12-18/h1-14H,15-16H2. The maximum Gasteiger partial charge on any atom is 0.244 e. The van der Waals surface area contributed by atoms with E-state index in [1.807, 2.05) is 84.9 Å². The van der Waals surface area contributed by atoms with Crippen LogP contribution in [0.3, 0.4) is 0 Å². The van der Waals surface area contributed by atoms with Crippen molar-refractivity contribution in [3.8, 4) is 0 Å². The minimum Gasteiger partial charge on any atom is -0.307 e. The molecule has 0 aromatic heterocycles. The molecule has 132 valence electrons. The number of fused-ring (bicyclic) bond motifs is 1. The molecule has 0 spiro atoms. The minimum absolute atomic E-state index is 0.186. The SMILES string of the molecule is [N-]=[N+]=NC1(Cc2ccccc2)C(=O)N(Cc2ccccc2)c2ccccc21. The van der Waals surface area contributed by atoms with E-state index in [0.29, 0.717) is 13.0 Å². The lowest BCUT2D eigenvalue weighted by Gasteiger charge is -2.24. The summed E-state index contributed by atoms with van der Waals surface area (Å²) >= 11 is 0. The number of para-hydroxylation sites is 1. The molecule has 1 heterocycles. The normalized spacial score (nSPS) is 18.1. The molecule has 27 heavy (non-hydrogen) atoms. The lowest BCUT2D eigenvalue weighted by Crippen LogP contribution is -2.40. The Morgan fingerprint density at radius 3 is 2.11 bits per heavy atom. The molecule has 0 saturated carbocycles. The van der Waals surface area contributed by atoms with Gasteiger partial charge in [0.2, 0.25) is 5.91 Å². The third-order valence-corrected chi connectivity index (χ3v) is 4.94. The highest BCUT2D eigenvalue weighted by atomic mass is 16.2. The van der Waals surface area contributed by atoms with Crippen molar-refractivity contribution in [1.29, 1.82) is 0 Å². The summed E-state index contributed by atoms with van der Waals surface area (Å²) in [6.07, 6.45) is 0.332. The van der Waals surface area contributed by atoms with E-state index in [4.69, 9.17) is 0 Å². The fraction of sp³-hybridized carbons (Fsp3) is 0.136. The number of nitrogens with zero attached hydrogens (tertiary/aromatic N) is 4. The van der Waals surface area contributed by atoms with E-state index in [2.05, 4.69) is 10.0 Å². The number of carbonyl (C=O) groups excluding carboxylic acids is 1. The van der Waals surface area contributed by atoms with Crippen molar-refractivity contribution in [3.63, 3.8) is 0 Å². The molecule has 4 rings (SSSR count). The number of azide groups is 1. The Morgan fingerprint density at radius 1 is 0.852 bits per heavy atom. The van der Waals surface area contributed by atoms with Crippen LogP contribution in [-0.4, -0.2) is 5.91 Å². The second-order valence-electron chi connectivity index (χ2n) is 6.61. The van der Waals surface area contributed by atoms with Crippen LogP contribution in [0.1, 0.15) is 16.7 Å². The van der Waals surface area contributed by atoms with Gasteiger partial charge in [-0.05, 0) is 34.7 Å². The monoisotopic (exact) mass is 354 g/mol. The maximum atomic E-state index is 13.5. The summed E-state index contributed by atoms with van der Waals surface area (Å²) in [5.41, 5.74) is 11.6. The Balaban J connectivity index is 1.82. The minimum atomic E-state index is -1.26. The van der Waals surface area contributed by atoms with Crippen LogP contribution in [-0.2, 0) is 23.3 Å². The first-order chi connectivity index (χ1) is 13.2. The summed E-state index contributed by atoms with van der Waals surface area (Å²) in [6, 6.07) is 27.1. The van der Waals surface area contributed by atoms with Gasteiger partial charge >= 0.3 is 0 Å². The van der Waals surface area contributed by atoms with E-state index in [-0.39, 0.29) is 5.91 Å². The Morgan fingerprint density at radius 2 is 1.44 bits per heavy atom. The average molecular weight is 354 g/mol. The molecule has 0 aliphatic carbocycles. The highest BCUT2D eigenvalue weighted by Crippen LogP contribution is 2.45. The van der Waals surface area contributed by atoms with Gasteiger partial charge in [0.25, 0.3) is 0 Å². The quantitative estimate of drug-likeness (QED) is 0.362. The van der Waals surface area contributed by atoms with Gasteiger partial charge in [0, 0.05) is 10.6 Å². The van der Waals surface area contributed by atoms with Gasteiger partial charge in [-0.2, -0.15) is 0 Å². The number of rotatable bonds is 5. The second kappa shape index (κ2) is 6.98. The predicted octanol–water partition coefficient (Wildman–Crippen LogP) is 4.98. The highest BCUT2D eigenvalue weighted by Gasteiger charge is 2.50. The largest absolute Gasteiger partial charge is 0.307 e. The van der Waals surface area contributed by atoms with E-state index in [1.165, 1.54) is 0 Å². The topological polar surface area (TPSA) is 69.1 Å². The molecule has 3 aromatic rings. The zero-order chi connectivity index (χ0) is 18.7. The molecule has 5 nitrogen and oxygen atoms in total. The zero-order valence-electron chi connectivity index (χ0n) is 14.7. The van der Waals surface area contributed by atoms with Crippen molar-refractivity contribution in [3.05, 3.63) is 112 Å². The summed E-state index contributed by atoms with van der Waals surface area (Å²) < 4.78 is 0. The van der Waals surface area contributed by atoms with Gasteiger partial charge in [-0.25, -0.2) is 0 Å². The fourth-order valence-electron chi connectivity index (χ4n) is 3.70. The molecule has 1 aliphatic heterocycles. The van der Waals surface area contributed by atoms with Crippen LogP contribution in [0.15, 0.2) is 90.0 Å². The van der Waals surface area contributed by atoms with Crippen molar-refractivity contribution in [2.24, 2.45) is 5.11 Å². The molecule has 0 N–H and O–H groups in total.